The summed E-state index contributed by atoms with van der Waals surface area (Å²) in [5.74, 6) is 0.305. The first-order chi connectivity index (χ1) is 10.3. The molecule has 1 aromatic rings. The highest BCUT2D eigenvalue weighted by Crippen LogP contribution is 2.29. The van der Waals surface area contributed by atoms with Gasteiger partial charge in [-0.2, -0.15) is 0 Å². The topological polar surface area (TPSA) is 40.5 Å². The summed E-state index contributed by atoms with van der Waals surface area (Å²) in [6.45, 7) is 4.09. The van der Waals surface area contributed by atoms with E-state index in [2.05, 4.69) is 11.8 Å². The molecule has 1 saturated heterocycles. The first-order valence-electron chi connectivity index (χ1n) is 8.23. The van der Waals surface area contributed by atoms with Crippen LogP contribution in [0.25, 0.3) is 0 Å². The molecular weight excluding hydrogens is 262 g/mol. The molecule has 0 amide bonds. The summed E-state index contributed by atoms with van der Waals surface area (Å²) in [5.41, 5.74) is 1.89. The van der Waals surface area contributed by atoms with Gasteiger partial charge < -0.3 is 5.11 Å². The molecule has 1 atom stereocenters. The first-order valence-corrected chi connectivity index (χ1v) is 8.23. The highest BCUT2D eigenvalue weighted by atomic mass is 16.3. The summed E-state index contributed by atoms with van der Waals surface area (Å²) in [4.78, 5) is 15.1. The number of carbonyl (C=O) groups excluding carboxylic acids is 1. The second kappa shape index (κ2) is 8.30. The van der Waals surface area contributed by atoms with Crippen LogP contribution in [0.1, 0.15) is 62.6 Å². The molecule has 0 saturated carbocycles. The fraction of sp³-hybridized carbons (Fsp3) is 0.611. The Labute approximate surface area is 128 Å². The van der Waals surface area contributed by atoms with E-state index in [1.807, 2.05) is 24.3 Å². The van der Waals surface area contributed by atoms with Gasteiger partial charge in [-0.1, -0.05) is 44.0 Å². The zero-order valence-corrected chi connectivity index (χ0v) is 13.1. The molecule has 1 aromatic carbocycles. The summed E-state index contributed by atoms with van der Waals surface area (Å²) >= 11 is 0. The molecule has 21 heavy (non-hydrogen) atoms. The van der Waals surface area contributed by atoms with Crippen LogP contribution in [0.3, 0.4) is 0 Å². The number of hydrogen-bond donors (Lipinski definition) is 1. The number of rotatable bonds is 7. The van der Waals surface area contributed by atoms with Crippen molar-refractivity contribution in [2.24, 2.45) is 0 Å². The Balaban J connectivity index is 2.27. The molecule has 3 heteroatoms. The Bertz CT molecular complexity index is 452. The van der Waals surface area contributed by atoms with E-state index in [1.54, 1.807) is 0 Å². The van der Waals surface area contributed by atoms with Crippen molar-refractivity contribution in [3.05, 3.63) is 35.4 Å². The van der Waals surface area contributed by atoms with Gasteiger partial charge in [0.25, 0.3) is 0 Å². The SMILES string of the molecule is CCCCC(=O)C(c1ccccc1CO)N1CCCCC1. The first kappa shape index (κ1) is 16.2. The number of ketones is 1. The van der Waals surface area contributed by atoms with Gasteiger partial charge in [-0.15, -0.1) is 0 Å². The van der Waals surface area contributed by atoms with Gasteiger partial charge in [0.2, 0.25) is 0 Å². The highest BCUT2D eigenvalue weighted by Gasteiger charge is 2.29. The standard InChI is InChI=1S/C18H27NO2/c1-2-3-11-17(21)18(19-12-7-4-8-13-19)16-10-6-5-9-15(16)14-20/h5-6,9-10,18,20H,2-4,7-8,11-14H2,1H3. The van der Waals surface area contributed by atoms with Crippen LogP contribution in [-0.4, -0.2) is 28.9 Å². The molecule has 1 aliphatic rings. The minimum absolute atomic E-state index is 0.00156. The maximum atomic E-state index is 12.7. The number of nitrogens with zero attached hydrogens (tertiary/aromatic N) is 1. The third kappa shape index (κ3) is 4.14. The van der Waals surface area contributed by atoms with E-state index < -0.39 is 0 Å². The van der Waals surface area contributed by atoms with Gasteiger partial charge in [0.15, 0.2) is 5.78 Å². The maximum absolute atomic E-state index is 12.7. The molecule has 1 aliphatic heterocycles. The number of benzene rings is 1. The Hall–Kier alpha value is -1.19. The summed E-state index contributed by atoms with van der Waals surface area (Å²) in [6.07, 6.45) is 6.22. The van der Waals surface area contributed by atoms with Crippen molar-refractivity contribution in [3.63, 3.8) is 0 Å². The van der Waals surface area contributed by atoms with E-state index in [0.717, 1.165) is 37.1 Å². The number of aliphatic hydroxyl groups is 1. The van der Waals surface area contributed by atoms with Crippen molar-refractivity contribution in [2.45, 2.75) is 58.1 Å². The van der Waals surface area contributed by atoms with E-state index in [4.69, 9.17) is 0 Å². The normalized spacial score (nSPS) is 17.6. The van der Waals surface area contributed by atoms with Crippen molar-refractivity contribution in [3.8, 4) is 0 Å². The molecule has 0 aliphatic carbocycles. The van der Waals surface area contributed by atoms with Crippen molar-refractivity contribution in [1.82, 2.24) is 4.90 Å². The van der Waals surface area contributed by atoms with E-state index in [1.165, 1.54) is 19.3 Å². The van der Waals surface area contributed by atoms with Crippen LogP contribution in [0.2, 0.25) is 0 Å². The van der Waals surface area contributed by atoms with Crippen LogP contribution in [0, 0.1) is 0 Å². The average Bonchev–Trinajstić information content (AvgIpc) is 2.54. The molecule has 0 bridgehead atoms. The molecule has 0 radical (unpaired) electrons. The predicted octanol–water partition coefficient (Wildman–Crippen LogP) is 3.47. The lowest BCUT2D eigenvalue weighted by Gasteiger charge is -2.34. The average molecular weight is 289 g/mol. The fourth-order valence-corrected chi connectivity index (χ4v) is 3.18. The van der Waals surface area contributed by atoms with Crippen LogP contribution in [0.15, 0.2) is 24.3 Å². The number of unbranched alkanes of at least 4 members (excludes halogenated alkanes) is 1. The zero-order chi connectivity index (χ0) is 15.1. The van der Waals surface area contributed by atoms with Crippen molar-refractivity contribution >= 4 is 5.78 Å². The van der Waals surface area contributed by atoms with Crippen molar-refractivity contribution in [1.29, 1.82) is 0 Å². The van der Waals surface area contributed by atoms with Gasteiger partial charge in [-0.3, -0.25) is 9.69 Å². The summed E-state index contributed by atoms with van der Waals surface area (Å²) in [6, 6.07) is 7.67. The van der Waals surface area contributed by atoms with E-state index in [9.17, 15) is 9.90 Å². The van der Waals surface area contributed by atoms with Gasteiger partial charge in [0.05, 0.1) is 12.6 Å². The van der Waals surface area contributed by atoms with E-state index in [0.29, 0.717) is 12.2 Å². The Morgan fingerprint density at radius 1 is 1.24 bits per heavy atom. The minimum atomic E-state index is -0.166. The monoisotopic (exact) mass is 289 g/mol. The smallest absolute Gasteiger partial charge is 0.154 e. The lowest BCUT2D eigenvalue weighted by Crippen LogP contribution is -2.38. The van der Waals surface area contributed by atoms with Crippen LogP contribution < -0.4 is 0 Å². The fourth-order valence-electron chi connectivity index (χ4n) is 3.18. The number of hydrogen-bond acceptors (Lipinski definition) is 3. The lowest BCUT2D eigenvalue weighted by molar-refractivity contribution is -0.125. The molecule has 1 fully saturated rings. The van der Waals surface area contributed by atoms with E-state index in [-0.39, 0.29) is 12.6 Å². The third-order valence-corrected chi connectivity index (χ3v) is 4.36. The van der Waals surface area contributed by atoms with Crippen molar-refractivity contribution in [2.75, 3.05) is 13.1 Å². The lowest BCUT2D eigenvalue weighted by atomic mass is 9.92. The van der Waals surface area contributed by atoms with Crippen LogP contribution in [0.4, 0.5) is 0 Å². The van der Waals surface area contributed by atoms with Gasteiger partial charge >= 0.3 is 0 Å². The molecule has 0 aromatic heterocycles. The number of likely N-dealkylation sites (tertiary alicyclic amines) is 1. The molecular formula is C18H27NO2. The molecule has 1 heterocycles. The molecule has 116 valence electrons. The predicted molar refractivity (Wildman–Crippen MR) is 85.1 cm³/mol. The maximum Gasteiger partial charge on any atom is 0.154 e. The Morgan fingerprint density at radius 3 is 2.62 bits per heavy atom. The second-order valence-corrected chi connectivity index (χ2v) is 5.93. The van der Waals surface area contributed by atoms with Gasteiger partial charge in [0, 0.05) is 6.42 Å². The summed E-state index contributed by atoms with van der Waals surface area (Å²) in [7, 11) is 0. The Morgan fingerprint density at radius 2 is 1.95 bits per heavy atom. The van der Waals surface area contributed by atoms with Gasteiger partial charge in [0.1, 0.15) is 0 Å². The summed E-state index contributed by atoms with van der Waals surface area (Å²) < 4.78 is 0. The zero-order valence-electron chi connectivity index (χ0n) is 13.1. The molecule has 2 rings (SSSR count). The molecule has 3 nitrogen and oxygen atoms in total. The third-order valence-electron chi connectivity index (χ3n) is 4.36. The molecule has 1 unspecified atom stereocenters. The minimum Gasteiger partial charge on any atom is -0.392 e. The largest absolute Gasteiger partial charge is 0.392 e. The second-order valence-electron chi connectivity index (χ2n) is 5.93. The number of aliphatic hydroxyl groups excluding tert-OH is 1. The van der Waals surface area contributed by atoms with Crippen molar-refractivity contribution < 1.29 is 9.90 Å². The number of piperidine rings is 1. The van der Waals surface area contributed by atoms with Crippen LogP contribution >= 0.6 is 0 Å². The Kier molecular flexibility index (Phi) is 6.40. The molecule has 0 spiro atoms. The van der Waals surface area contributed by atoms with Gasteiger partial charge in [-0.25, -0.2) is 0 Å². The quantitative estimate of drug-likeness (QED) is 0.835. The van der Waals surface area contributed by atoms with Gasteiger partial charge in [-0.05, 0) is 43.5 Å². The van der Waals surface area contributed by atoms with Crippen LogP contribution in [0.5, 0.6) is 0 Å². The molecule has 1 N–H and O–H groups in total. The van der Waals surface area contributed by atoms with E-state index >= 15 is 0 Å². The number of Topliss-reactive ketones (excluding diaryl/α,β-unsaturated/α-hetero) is 1. The summed E-state index contributed by atoms with van der Waals surface area (Å²) in [5, 5.41) is 9.59. The van der Waals surface area contributed by atoms with Crippen LogP contribution in [-0.2, 0) is 11.4 Å². The number of carbonyl (C=O) groups is 1. The highest BCUT2D eigenvalue weighted by molar-refractivity contribution is 5.85.